The van der Waals surface area contributed by atoms with E-state index in [4.69, 9.17) is 9.47 Å². The number of rotatable bonds is 16. The standard InChI is InChI=1S/C54H59N9O8/c1-54(2,3)71-53(69)61-44(25-33-29-57-41-16-9-6-13-38(33)41)51(67)62-23-11-18-46(62)48(64)35-27-47(63(31-35)36-19-21-55-22-20-36)50(66)59-43(24-32-28-56-40-15-8-5-12-37(32)40)49(65)60-45(52(68)70-4)26-34-30-58-42-17-10-7-14-39(34)42/h5-10,12-17,19-22,28-30,35,43-47,56-58H,11,18,23-27,31H2,1-4H3,(H,59,66)(H,60,65)(H,61,69)/t35-,43+,44+,45+,46-,47+/m1/s1. The molecule has 0 spiro atoms. The number of carbonyl (C=O) groups is 6. The van der Waals surface area contributed by atoms with Crippen molar-refractivity contribution in [1.29, 1.82) is 0 Å². The molecular weight excluding hydrogens is 903 g/mol. The lowest BCUT2D eigenvalue weighted by Crippen LogP contribution is -2.56. The molecule has 0 unspecified atom stereocenters. The second-order valence-electron chi connectivity index (χ2n) is 19.4. The SMILES string of the molecule is COC(=O)[C@H](Cc1c[nH]c2ccccc12)NC(=O)[C@H](Cc1c[nH]c2ccccc12)NC(=O)[C@@H]1C[C@@H](C(=O)[C@H]2CCCN2C(=O)[C@H](Cc2c[nH]c3ccccc23)NC(=O)OC(C)(C)C)CN1c1ccncc1. The molecule has 4 amide bonds. The molecule has 368 valence electrons. The molecule has 0 aliphatic carbocycles. The summed E-state index contributed by atoms with van der Waals surface area (Å²) in [6.07, 6.45) is 9.31. The first-order valence-corrected chi connectivity index (χ1v) is 24.1. The molecule has 2 saturated heterocycles. The van der Waals surface area contributed by atoms with E-state index < -0.39 is 71.5 Å². The molecule has 0 saturated carbocycles. The zero-order valence-electron chi connectivity index (χ0n) is 40.2. The molecular formula is C54H59N9O8. The number of fused-ring (bicyclic) bond motifs is 3. The topological polar surface area (TPSA) is 224 Å². The van der Waals surface area contributed by atoms with Gasteiger partial charge in [0.1, 0.15) is 29.8 Å². The molecule has 0 radical (unpaired) electrons. The van der Waals surface area contributed by atoms with Crippen molar-refractivity contribution < 1.29 is 38.2 Å². The lowest BCUT2D eigenvalue weighted by atomic mass is 9.93. The van der Waals surface area contributed by atoms with E-state index in [0.717, 1.165) is 49.4 Å². The van der Waals surface area contributed by atoms with Gasteiger partial charge in [0, 0.05) is 108 Å². The van der Waals surface area contributed by atoms with Crippen molar-refractivity contribution in [2.24, 2.45) is 5.92 Å². The monoisotopic (exact) mass is 961 g/mol. The Morgan fingerprint density at radius 2 is 1.23 bits per heavy atom. The van der Waals surface area contributed by atoms with Crippen LogP contribution in [0.3, 0.4) is 0 Å². The lowest BCUT2D eigenvalue weighted by Gasteiger charge is -2.30. The molecule has 17 heteroatoms. The predicted molar refractivity (Wildman–Crippen MR) is 268 cm³/mol. The summed E-state index contributed by atoms with van der Waals surface area (Å²) in [5.41, 5.74) is 4.84. The molecule has 2 fully saturated rings. The summed E-state index contributed by atoms with van der Waals surface area (Å²) in [5, 5.41) is 11.4. The molecule has 0 bridgehead atoms. The minimum Gasteiger partial charge on any atom is -0.467 e. The van der Waals surface area contributed by atoms with Crippen LogP contribution < -0.4 is 20.9 Å². The number of likely N-dealkylation sites (tertiary alicyclic amines) is 1. The number of benzene rings is 3. The van der Waals surface area contributed by atoms with Crippen molar-refractivity contribution in [2.75, 3.05) is 25.1 Å². The summed E-state index contributed by atoms with van der Waals surface area (Å²) < 4.78 is 10.8. The van der Waals surface area contributed by atoms with Crippen LogP contribution in [0.4, 0.5) is 10.5 Å². The Morgan fingerprint density at radius 1 is 0.690 bits per heavy atom. The van der Waals surface area contributed by atoms with E-state index in [1.54, 1.807) is 62.6 Å². The molecule has 2 aliphatic heterocycles. The van der Waals surface area contributed by atoms with Gasteiger partial charge in [0.2, 0.25) is 17.7 Å². The number of nitrogens with one attached hydrogen (secondary N) is 6. The van der Waals surface area contributed by atoms with Crippen LogP contribution in [0, 0.1) is 5.92 Å². The summed E-state index contributed by atoms with van der Waals surface area (Å²) in [6.45, 7) is 5.70. The number of aromatic nitrogens is 4. The van der Waals surface area contributed by atoms with E-state index >= 15 is 0 Å². The molecule has 6 atom stereocenters. The fourth-order valence-corrected chi connectivity index (χ4v) is 10.2. The van der Waals surface area contributed by atoms with Gasteiger partial charge in [-0.1, -0.05) is 54.6 Å². The van der Waals surface area contributed by atoms with Gasteiger partial charge in [0.25, 0.3) is 0 Å². The number of Topliss-reactive ketones (excluding diaryl/α,β-unsaturated/α-hetero) is 1. The molecule has 3 aromatic carbocycles. The number of pyridine rings is 1. The summed E-state index contributed by atoms with van der Waals surface area (Å²) in [6, 6.07) is 21.5. The summed E-state index contributed by atoms with van der Waals surface area (Å²) in [5.74, 6) is -3.03. The Kier molecular flexibility index (Phi) is 13.9. The molecule has 17 nitrogen and oxygen atoms in total. The zero-order chi connectivity index (χ0) is 49.8. The Hall–Kier alpha value is -7.95. The third-order valence-electron chi connectivity index (χ3n) is 13.6. The number of hydrogen-bond acceptors (Lipinski definition) is 10. The number of carbonyl (C=O) groups excluding carboxylic acids is 6. The van der Waals surface area contributed by atoms with E-state index in [-0.39, 0.29) is 38.0 Å². The third-order valence-corrected chi connectivity index (χ3v) is 13.6. The highest BCUT2D eigenvalue weighted by atomic mass is 16.6. The van der Waals surface area contributed by atoms with Gasteiger partial charge in [-0.25, -0.2) is 9.59 Å². The Morgan fingerprint density at radius 3 is 1.77 bits per heavy atom. The molecule has 2 aliphatic rings. The number of alkyl carbamates (subject to hydrolysis) is 1. The number of ether oxygens (including phenoxy) is 2. The number of aromatic amines is 3. The maximum atomic E-state index is 14.9. The number of H-pyrrole nitrogens is 3. The maximum Gasteiger partial charge on any atom is 0.408 e. The number of methoxy groups -OCH3 is 1. The quantitative estimate of drug-likeness (QED) is 0.0616. The number of esters is 1. The highest BCUT2D eigenvalue weighted by Crippen LogP contribution is 2.34. The van der Waals surface area contributed by atoms with Gasteiger partial charge >= 0.3 is 12.1 Å². The number of anilines is 1. The fraction of sp³-hybridized carbons (Fsp3) is 0.352. The predicted octanol–water partition coefficient (Wildman–Crippen LogP) is 6.04. The van der Waals surface area contributed by atoms with Crippen LogP contribution >= 0.6 is 0 Å². The van der Waals surface area contributed by atoms with Crippen LogP contribution in [0.25, 0.3) is 32.7 Å². The van der Waals surface area contributed by atoms with E-state index in [1.807, 2.05) is 83.9 Å². The highest BCUT2D eigenvalue weighted by molar-refractivity contribution is 5.98. The van der Waals surface area contributed by atoms with Crippen molar-refractivity contribution in [3.05, 3.63) is 133 Å². The molecule has 9 rings (SSSR count). The van der Waals surface area contributed by atoms with Gasteiger partial charge in [0.15, 0.2) is 5.78 Å². The van der Waals surface area contributed by atoms with Crippen LogP contribution in [0.2, 0.25) is 0 Å². The normalized spacial score (nSPS) is 18.3. The van der Waals surface area contributed by atoms with Gasteiger partial charge in [0.05, 0.1) is 13.2 Å². The Bertz CT molecular complexity index is 3080. The lowest BCUT2D eigenvalue weighted by molar-refractivity contribution is -0.145. The number of amides is 4. The maximum absolute atomic E-state index is 14.9. The fourth-order valence-electron chi connectivity index (χ4n) is 10.2. The van der Waals surface area contributed by atoms with Crippen molar-refractivity contribution >= 4 is 74.0 Å². The second kappa shape index (κ2) is 20.6. The Labute approximate surface area is 410 Å². The zero-order valence-corrected chi connectivity index (χ0v) is 40.2. The van der Waals surface area contributed by atoms with Crippen LogP contribution in [-0.2, 0) is 52.7 Å². The number of hydrogen-bond donors (Lipinski definition) is 6. The van der Waals surface area contributed by atoms with E-state index in [9.17, 15) is 28.8 Å². The van der Waals surface area contributed by atoms with Gasteiger partial charge in [-0.15, -0.1) is 0 Å². The van der Waals surface area contributed by atoms with Gasteiger partial charge in [-0.3, -0.25) is 24.2 Å². The average molecular weight is 962 g/mol. The first kappa shape index (κ1) is 48.1. The minimum atomic E-state index is -1.17. The molecule has 7 aromatic rings. The second-order valence-corrected chi connectivity index (χ2v) is 19.4. The van der Waals surface area contributed by atoms with Crippen LogP contribution in [0.1, 0.15) is 56.7 Å². The number of para-hydroxylation sites is 3. The van der Waals surface area contributed by atoms with Gasteiger partial charge < -0.3 is 50.2 Å². The molecule has 6 N–H and O–H groups in total. The van der Waals surface area contributed by atoms with Crippen molar-refractivity contribution in [3.63, 3.8) is 0 Å². The third kappa shape index (κ3) is 10.6. The molecule has 71 heavy (non-hydrogen) atoms. The van der Waals surface area contributed by atoms with Crippen molar-refractivity contribution in [3.8, 4) is 0 Å². The minimum absolute atomic E-state index is 0.0725. The summed E-state index contributed by atoms with van der Waals surface area (Å²) >= 11 is 0. The van der Waals surface area contributed by atoms with Crippen molar-refractivity contribution in [1.82, 2.24) is 40.8 Å². The molecule has 6 heterocycles. The largest absolute Gasteiger partial charge is 0.467 e. The Balaban J connectivity index is 0.969. The number of nitrogens with zero attached hydrogens (tertiary/aromatic N) is 3. The van der Waals surface area contributed by atoms with Gasteiger partial charge in [-0.05, 0) is 87.1 Å². The first-order valence-electron chi connectivity index (χ1n) is 24.1. The van der Waals surface area contributed by atoms with Crippen LogP contribution in [0.5, 0.6) is 0 Å². The highest BCUT2D eigenvalue weighted by Gasteiger charge is 2.47. The smallest absolute Gasteiger partial charge is 0.408 e. The van der Waals surface area contributed by atoms with E-state index in [0.29, 0.717) is 25.1 Å². The van der Waals surface area contributed by atoms with Crippen LogP contribution in [-0.4, -0.2) is 116 Å². The molecule has 4 aromatic heterocycles. The van der Waals surface area contributed by atoms with Crippen molar-refractivity contribution in [2.45, 2.75) is 95.1 Å². The van der Waals surface area contributed by atoms with Crippen LogP contribution in [0.15, 0.2) is 116 Å². The number of ketones is 1. The summed E-state index contributed by atoms with van der Waals surface area (Å²) in [4.78, 5) is 103. The first-order chi connectivity index (χ1) is 34.2. The van der Waals surface area contributed by atoms with E-state index in [2.05, 4.69) is 35.9 Å². The van der Waals surface area contributed by atoms with Gasteiger partial charge in [-0.2, -0.15) is 0 Å². The average Bonchev–Trinajstić information content (AvgIpc) is 4.23. The van der Waals surface area contributed by atoms with E-state index in [1.165, 1.54) is 7.11 Å². The summed E-state index contributed by atoms with van der Waals surface area (Å²) in [7, 11) is 1.26.